The first-order valence-electron chi connectivity index (χ1n) is 5.25. The molecule has 3 N–H and O–H groups in total. The van der Waals surface area contributed by atoms with Crippen molar-refractivity contribution < 1.29 is 0 Å². The second-order valence-corrected chi connectivity index (χ2v) is 5.30. The average molecular weight is 286 g/mol. The summed E-state index contributed by atoms with van der Waals surface area (Å²) in [5, 5.41) is 7.89. The lowest BCUT2D eigenvalue weighted by Crippen LogP contribution is -2.19. The maximum atomic E-state index is 11.6. The maximum Gasteiger partial charge on any atom is 0.344 e. The molecule has 0 aliphatic carbocycles. The van der Waals surface area contributed by atoms with Gasteiger partial charge in [-0.15, -0.1) is 5.10 Å². The number of aromatic nitrogens is 4. The van der Waals surface area contributed by atoms with E-state index in [2.05, 4.69) is 15.2 Å². The predicted molar refractivity (Wildman–Crippen MR) is 71.0 cm³/mol. The fraction of sp³-hybridized carbons (Fsp3) is 0.300. The molecule has 6 nitrogen and oxygen atoms in total. The number of nitrogens with two attached hydrogens (primary N) is 1. The van der Waals surface area contributed by atoms with Crippen LogP contribution in [-0.4, -0.2) is 19.7 Å². The lowest BCUT2D eigenvalue weighted by atomic mass is 10.4. The molecule has 0 radical (unpaired) electrons. The molecule has 0 aliphatic heterocycles. The molecular weight excluding hydrogens is 274 g/mol. The molecule has 8 heteroatoms. The quantitative estimate of drug-likeness (QED) is 0.899. The third kappa shape index (κ3) is 2.51. The molecule has 2 aromatic rings. The van der Waals surface area contributed by atoms with Gasteiger partial charge >= 0.3 is 5.69 Å². The zero-order chi connectivity index (χ0) is 13.3. The minimum Gasteiger partial charge on any atom is -0.397 e. The zero-order valence-electron chi connectivity index (χ0n) is 9.85. The Hall–Kier alpha value is -1.47. The van der Waals surface area contributed by atoms with Gasteiger partial charge in [0.2, 0.25) is 0 Å². The molecule has 2 heterocycles. The van der Waals surface area contributed by atoms with Crippen LogP contribution in [0.4, 0.5) is 5.69 Å². The van der Waals surface area contributed by atoms with Gasteiger partial charge in [0.1, 0.15) is 5.03 Å². The van der Waals surface area contributed by atoms with E-state index in [0.717, 1.165) is 0 Å². The summed E-state index contributed by atoms with van der Waals surface area (Å²) < 4.78 is 1.54. The topological polar surface area (TPSA) is 89.6 Å². The normalized spacial score (nSPS) is 11.1. The van der Waals surface area contributed by atoms with Crippen LogP contribution >= 0.6 is 23.4 Å². The second kappa shape index (κ2) is 5.03. The van der Waals surface area contributed by atoms with E-state index in [9.17, 15) is 4.79 Å². The Morgan fingerprint density at radius 1 is 1.56 bits per heavy atom. The standard InChI is InChI=1S/C10H12ClN5OS/c1-5(2)16-9(17)14-15-10(16)18-8-7(11)3-6(12)4-13-8/h3-5H,12H2,1-2H3,(H,14,17). The molecule has 0 saturated carbocycles. The molecule has 0 aromatic carbocycles. The van der Waals surface area contributed by atoms with E-state index in [4.69, 9.17) is 17.3 Å². The second-order valence-electron chi connectivity index (χ2n) is 3.93. The summed E-state index contributed by atoms with van der Waals surface area (Å²) in [4.78, 5) is 15.7. The fourth-order valence-corrected chi connectivity index (χ4v) is 2.63. The van der Waals surface area contributed by atoms with Gasteiger partial charge in [-0.1, -0.05) is 11.6 Å². The first kappa shape index (κ1) is 13.0. The SMILES string of the molecule is CC(C)n1c(Sc2ncc(N)cc2Cl)n[nH]c1=O. The Morgan fingerprint density at radius 2 is 2.28 bits per heavy atom. The number of nitrogens with one attached hydrogen (secondary N) is 1. The smallest absolute Gasteiger partial charge is 0.344 e. The highest BCUT2D eigenvalue weighted by atomic mass is 35.5. The highest BCUT2D eigenvalue weighted by Crippen LogP contribution is 2.31. The van der Waals surface area contributed by atoms with E-state index in [1.54, 1.807) is 10.6 Å². The Bertz CT molecular complexity index is 621. The van der Waals surface area contributed by atoms with Crippen molar-refractivity contribution in [1.82, 2.24) is 19.7 Å². The summed E-state index contributed by atoms with van der Waals surface area (Å²) >= 11 is 7.25. The largest absolute Gasteiger partial charge is 0.397 e. The van der Waals surface area contributed by atoms with Crippen LogP contribution in [0.3, 0.4) is 0 Å². The van der Waals surface area contributed by atoms with Gasteiger partial charge in [-0.2, -0.15) is 0 Å². The third-order valence-corrected chi connectivity index (χ3v) is 3.59. The van der Waals surface area contributed by atoms with Crippen LogP contribution in [-0.2, 0) is 0 Å². The van der Waals surface area contributed by atoms with Gasteiger partial charge in [0, 0.05) is 6.04 Å². The van der Waals surface area contributed by atoms with Gasteiger partial charge in [-0.05, 0) is 31.7 Å². The third-order valence-electron chi connectivity index (χ3n) is 2.21. The molecule has 0 bridgehead atoms. The molecule has 0 spiro atoms. The molecule has 0 unspecified atom stereocenters. The summed E-state index contributed by atoms with van der Waals surface area (Å²) in [7, 11) is 0. The van der Waals surface area contributed by atoms with Gasteiger partial charge < -0.3 is 5.73 Å². The number of nitrogens with zero attached hydrogens (tertiary/aromatic N) is 3. The van der Waals surface area contributed by atoms with Crippen molar-refractivity contribution in [2.24, 2.45) is 0 Å². The van der Waals surface area contributed by atoms with Crippen LogP contribution < -0.4 is 11.4 Å². The van der Waals surface area contributed by atoms with Crippen LogP contribution in [0.25, 0.3) is 0 Å². The first-order valence-corrected chi connectivity index (χ1v) is 6.44. The maximum absolute atomic E-state index is 11.6. The van der Waals surface area contributed by atoms with Crippen LogP contribution in [0.15, 0.2) is 27.2 Å². The van der Waals surface area contributed by atoms with Crippen molar-refractivity contribution in [3.63, 3.8) is 0 Å². The molecule has 0 aliphatic rings. The number of H-pyrrole nitrogens is 1. The van der Waals surface area contributed by atoms with E-state index in [-0.39, 0.29) is 11.7 Å². The minimum absolute atomic E-state index is 0.00584. The number of nitrogen functional groups attached to an aromatic ring is 1. The van der Waals surface area contributed by atoms with Gasteiger partial charge in [-0.25, -0.2) is 14.9 Å². The lowest BCUT2D eigenvalue weighted by Gasteiger charge is -2.08. The van der Waals surface area contributed by atoms with Gasteiger partial charge in [0.25, 0.3) is 0 Å². The summed E-state index contributed by atoms with van der Waals surface area (Å²) in [6.07, 6.45) is 1.51. The fourth-order valence-electron chi connectivity index (χ4n) is 1.42. The summed E-state index contributed by atoms with van der Waals surface area (Å²) in [6.45, 7) is 3.80. The van der Waals surface area contributed by atoms with Crippen molar-refractivity contribution in [2.45, 2.75) is 30.1 Å². The molecular formula is C10H12ClN5OS. The Kier molecular flexibility index (Phi) is 3.63. The highest BCUT2D eigenvalue weighted by molar-refractivity contribution is 7.99. The van der Waals surface area contributed by atoms with Gasteiger partial charge in [-0.3, -0.25) is 4.57 Å². The van der Waals surface area contributed by atoms with Gasteiger partial charge in [0.05, 0.1) is 16.9 Å². The van der Waals surface area contributed by atoms with Crippen molar-refractivity contribution >= 4 is 29.1 Å². The molecule has 2 rings (SSSR count). The summed E-state index contributed by atoms with van der Waals surface area (Å²) in [5.74, 6) is 0. The van der Waals surface area contributed by atoms with E-state index >= 15 is 0 Å². The molecule has 2 aromatic heterocycles. The molecule has 96 valence electrons. The summed E-state index contributed by atoms with van der Waals surface area (Å²) in [5.41, 5.74) is 5.81. The number of pyridine rings is 1. The number of aromatic amines is 1. The minimum atomic E-state index is -0.251. The monoisotopic (exact) mass is 285 g/mol. The predicted octanol–water partition coefficient (Wildman–Crippen LogP) is 1.93. The van der Waals surface area contributed by atoms with Crippen LogP contribution in [0.2, 0.25) is 5.02 Å². The number of halogens is 1. The van der Waals surface area contributed by atoms with Crippen LogP contribution in [0, 0.1) is 0 Å². The van der Waals surface area contributed by atoms with Crippen LogP contribution in [0.5, 0.6) is 0 Å². The summed E-state index contributed by atoms with van der Waals surface area (Å²) in [6, 6.07) is 1.62. The number of anilines is 1. The van der Waals surface area contributed by atoms with Crippen molar-refractivity contribution in [1.29, 1.82) is 0 Å². The molecule has 0 saturated heterocycles. The molecule has 0 atom stereocenters. The van der Waals surface area contributed by atoms with E-state index in [1.165, 1.54) is 18.0 Å². The number of rotatable bonds is 3. The zero-order valence-corrected chi connectivity index (χ0v) is 11.4. The van der Waals surface area contributed by atoms with Crippen molar-refractivity contribution in [2.75, 3.05) is 5.73 Å². The Balaban J connectivity index is 2.37. The molecule has 0 fully saturated rings. The van der Waals surface area contributed by atoms with E-state index in [1.807, 2.05) is 13.8 Å². The van der Waals surface area contributed by atoms with Crippen molar-refractivity contribution in [3.05, 3.63) is 27.8 Å². The first-order chi connectivity index (χ1) is 8.49. The Morgan fingerprint density at radius 3 is 2.89 bits per heavy atom. The van der Waals surface area contributed by atoms with E-state index in [0.29, 0.717) is 20.9 Å². The lowest BCUT2D eigenvalue weighted by molar-refractivity contribution is 0.534. The number of hydrogen-bond donors (Lipinski definition) is 2. The molecule has 0 amide bonds. The average Bonchev–Trinajstić information content (AvgIpc) is 2.64. The van der Waals surface area contributed by atoms with Gasteiger partial charge in [0.15, 0.2) is 5.16 Å². The van der Waals surface area contributed by atoms with Crippen LogP contribution in [0.1, 0.15) is 19.9 Å². The van der Waals surface area contributed by atoms with E-state index < -0.39 is 0 Å². The molecule has 18 heavy (non-hydrogen) atoms. The van der Waals surface area contributed by atoms with Crippen molar-refractivity contribution in [3.8, 4) is 0 Å². The highest BCUT2D eigenvalue weighted by Gasteiger charge is 2.15. The number of hydrogen-bond acceptors (Lipinski definition) is 5. The Labute approximate surface area is 113 Å².